The Morgan fingerprint density at radius 1 is 1.30 bits per heavy atom. The summed E-state index contributed by atoms with van der Waals surface area (Å²) in [5.74, 6) is 1.73. The van der Waals surface area contributed by atoms with Crippen LogP contribution in [0.15, 0.2) is 30.3 Å². The summed E-state index contributed by atoms with van der Waals surface area (Å²) in [4.78, 5) is 11.0. The summed E-state index contributed by atoms with van der Waals surface area (Å²) in [5.41, 5.74) is 2.09. The molecule has 0 bridgehead atoms. The number of halogens is 1. The summed E-state index contributed by atoms with van der Waals surface area (Å²) in [6.07, 6.45) is 0. The molecule has 20 heavy (non-hydrogen) atoms. The van der Waals surface area contributed by atoms with Crippen molar-refractivity contribution in [1.29, 1.82) is 0 Å². The standard InChI is InChI=1S/C15H16ClN3O/c1-11-8-14(16)18-15(17-11)10-19-6-7-20-13-5-3-2-4-12(13)9-19/h2-5,8H,6-7,9-10H2,1H3. The first kappa shape index (κ1) is 13.3. The molecule has 0 saturated heterocycles. The third-order valence-corrected chi connectivity index (χ3v) is 3.46. The van der Waals surface area contributed by atoms with Gasteiger partial charge in [-0.1, -0.05) is 29.8 Å². The van der Waals surface area contributed by atoms with Gasteiger partial charge in [-0.25, -0.2) is 9.97 Å². The van der Waals surface area contributed by atoms with Crippen LogP contribution in [0.2, 0.25) is 5.15 Å². The van der Waals surface area contributed by atoms with Crippen LogP contribution in [-0.4, -0.2) is 28.0 Å². The maximum atomic E-state index is 5.99. The van der Waals surface area contributed by atoms with Gasteiger partial charge >= 0.3 is 0 Å². The first-order valence-electron chi connectivity index (χ1n) is 6.64. The molecule has 5 heteroatoms. The van der Waals surface area contributed by atoms with Crippen LogP contribution in [0.25, 0.3) is 0 Å². The molecule has 2 aromatic rings. The van der Waals surface area contributed by atoms with Crippen molar-refractivity contribution in [2.75, 3.05) is 13.2 Å². The number of hydrogen-bond acceptors (Lipinski definition) is 4. The van der Waals surface area contributed by atoms with Crippen LogP contribution < -0.4 is 4.74 Å². The van der Waals surface area contributed by atoms with Gasteiger partial charge in [-0.3, -0.25) is 4.90 Å². The van der Waals surface area contributed by atoms with E-state index in [1.807, 2.05) is 25.1 Å². The quantitative estimate of drug-likeness (QED) is 0.797. The van der Waals surface area contributed by atoms with Gasteiger partial charge in [-0.2, -0.15) is 0 Å². The lowest BCUT2D eigenvalue weighted by molar-refractivity contribution is 0.215. The van der Waals surface area contributed by atoms with Gasteiger partial charge in [0.15, 0.2) is 0 Å². The minimum Gasteiger partial charge on any atom is -0.492 e. The van der Waals surface area contributed by atoms with Gasteiger partial charge in [-0.05, 0) is 19.1 Å². The number of ether oxygens (including phenoxy) is 1. The van der Waals surface area contributed by atoms with Crippen molar-refractivity contribution in [2.45, 2.75) is 20.0 Å². The Labute approximate surface area is 123 Å². The van der Waals surface area contributed by atoms with Gasteiger partial charge in [0.2, 0.25) is 0 Å². The molecule has 0 N–H and O–H groups in total. The molecule has 104 valence electrons. The molecule has 3 rings (SSSR count). The molecule has 0 radical (unpaired) electrons. The van der Waals surface area contributed by atoms with Gasteiger partial charge in [0.1, 0.15) is 23.3 Å². The Balaban J connectivity index is 1.78. The number of rotatable bonds is 2. The summed E-state index contributed by atoms with van der Waals surface area (Å²) in [6.45, 7) is 4.97. The average Bonchev–Trinajstić information content (AvgIpc) is 2.59. The second-order valence-corrected chi connectivity index (χ2v) is 5.30. The molecular weight excluding hydrogens is 274 g/mol. The van der Waals surface area contributed by atoms with E-state index in [-0.39, 0.29) is 0 Å². The first-order chi connectivity index (χ1) is 9.70. The Bertz CT molecular complexity index is 598. The van der Waals surface area contributed by atoms with Crippen LogP contribution in [-0.2, 0) is 13.1 Å². The summed E-state index contributed by atoms with van der Waals surface area (Å²) in [7, 11) is 0. The molecule has 0 spiro atoms. The van der Waals surface area contributed by atoms with Crippen LogP contribution in [0.5, 0.6) is 5.75 Å². The Kier molecular flexibility index (Phi) is 3.85. The van der Waals surface area contributed by atoms with E-state index < -0.39 is 0 Å². The lowest BCUT2D eigenvalue weighted by atomic mass is 10.2. The highest BCUT2D eigenvalue weighted by Crippen LogP contribution is 2.23. The zero-order valence-electron chi connectivity index (χ0n) is 11.3. The number of para-hydroxylation sites is 1. The molecule has 4 nitrogen and oxygen atoms in total. The van der Waals surface area contributed by atoms with Gasteiger partial charge in [0.25, 0.3) is 0 Å². The predicted octanol–water partition coefficient (Wildman–Crippen LogP) is 2.83. The highest BCUT2D eigenvalue weighted by molar-refractivity contribution is 6.29. The van der Waals surface area contributed by atoms with E-state index in [1.54, 1.807) is 6.07 Å². The van der Waals surface area contributed by atoms with E-state index in [0.29, 0.717) is 18.3 Å². The van der Waals surface area contributed by atoms with E-state index >= 15 is 0 Å². The van der Waals surface area contributed by atoms with Crippen molar-refractivity contribution in [3.63, 3.8) is 0 Å². The predicted molar refractivity (Wildman–Crippen MR) is 77.8 cm³/mol. The fourth-order valence-electron chi connectivity index (χ4n) is 2.37. The van der Waals surface area contributed by atoms with Gasteiger partial charge in [-0.15, -0.1) is 0 Å². The van der Waals surface area contributed by atoms with Crippen molar-refractivity contribution in [3.8, 4) is 5.75 Å². The number of aryl methyl sites for hydroxylation is 1. The number of hydrogen-bond donors (Lipinski definition) is 0. The van der Waals surface area contributed by atoms with Crippen molar-refractivity contribution in [2.24, 2.45) is 0 Å². The molecule has 0 amide bonds. The topological polar surface area (TPSA) is 38.2 Å². The van der Waals surface area contributed by atoms with E-state index in [0.717, 1.165) is 30.4 Å². The maximum Gasteiger partial charge on any atom is 0.144 e. The fourth-order valence-corrected chi connectivity index (χ4v) is 2.63. The van der Waals surface area contributed by atoms with Crippen LogP contribution >= 0.6 is 11.6 Å². The molecule has 1 aromatic heterocycles. The van der Waals surface area contributed by atoms with E-state index in [4.69, 9.17) is 16.3 Å². The third-order valence-electron chi connectivity index (χ3n) is 3.27. The number of aromatic nitrogens is 2. The van der Waals surface area contributed by atoms with Gasteiger partial charge < -0.3 is 4.74 Å². The highest BCUT2D eigenvalue weighted by atomic mass is 35.5. The zero-order valence-corrected chi connectivity index (χ0v) is 12.1. The first-order valence-corrected chi connectivity index (χ1v) is 7.01. The van der Waals surface area contributed by atoms with E-state index in [1.165, 1.54) is 5.56 Å². The fraction of sp³-hybridized carbons (Fsp3) is 0.333. The molecule has 2 heterocycles. The number of benzene rings is 1. The number of fused-ring (bicyclic) bond motifs is 1. The Morgan fingerprint density at radius 3 is 3.00 bits per heavy atom. The van der Waals surface area contributed by atoms with Crippen molar-refractivity contribution in [3.05, 3.63) is 52.6 Å². The summed E-state index contributed by atoms with van der Waals surface area (Å²) < 4.78 is 5.76. The molecule has 1 aliphatic heterocycles. The minimum absolute atomic E-state index is 0.499. The Hall–Kier alpha value is -1.65. The second-order valence-electron chi connectivity index (χ2n) is 4.92. The molecule has 0 aliphatic carbocycles. The third kappa shape index (κ3) is 3.08. The molecule has 1 aromatic carbocycles. The summed E-state index contributed by atoms with van der Waals surface area (Å²) >= 11 is 5.99. The van der Waals surface area contributed by atoms with Gasteiger partial charge in [0, 0.05) is 24.3 Å². The molecule has 0 saturated carbocycles. The molecule has 0 unspecified atom stereocenters. The number of nitrogens with zero attached hydrogens (tertiary/aromatic N) is 3. The van der Waals surface area contributed by atoms with Gasteiger partial charge in [0.05, 0.1) is 6.54 Å². The highest BCUT2D eigenvalue weighted by Gasteiger charge is 2.16. The van der Waals surface area contributed by atoms with E-state index in [2.05, 4.69) is 20.9 Å². The molecular formula is C15H16ClN3O. The lowest BCUT2D eigenvalue weighted by Gasteiger charge is -2.18. The van der Waals surface area contributed by atoms with E-state index in [9.17, 15) is 0 Å². The average molecular weight is 290 g/mol. The SMILES string of the molecule is Cc1cc(Cl)nc(CN2CCOc3ccccc3C2)n1. The second kappa shape index (κ2) is 5.77. The monoisotopic (exact) mass is 289 g/mol. The van der Waals surface area contributed by atoms with Crippen LogP contribution in [0.4, 0.5) is 0 Å². The maximum absolute atomic E-state index is 5.99. The Morgan fingerprint density at radius 2 is 2.15 bits per heavy atom. The molecule has 0 fully saturated rings. The van der Waals surface area contributed by atoms with Crippen LogP contribution in [0, 0.1) is 6.92 Å². The normalized spacial score (nSPS) is 15.3. The van der Waals surface area contributed by atoms with Crippen molar-refractivity contribution < 1.29 is 4.74 Å². The molecule has 1 aliphatic rings. The van der Waals surface area contributed by atoms with Crippen LogP contribution in [0.1, 0.15) is 17.1 Å². The minimum atomic E-state index is 0.499. The van der Waals surface area contributed by atoms with Crippen molar-refractivity contribution >= 4 is 11.6 Å². The largest absolute Gasteiger partial charge is 0.492 e. The summed E-state index contributed by atoms with van der Waals surface area (Å²) in [5, 5.41) is 0.499. The van der Waals surface area contributed by atoms with Crippen molar-refractivity contribution in [1.82, 2.24) is 14.9 Å². The summed E-state index contributed by atoms with van der Waals surface area (Å²) in [6, 6.07) is 9.91. The zero-order chi connectivity index (χ0) is 13.9. The van der Waals surface area contributed by atoms with Crippen LogP contribution in [0.3, 0.4) is 0 Å². The molecule has 0 atom stereocenters. The smallest absolute Gasteiger partial charge is 0.144 e. The lowest BCUT2D eigenvalue weighted by Crippen LogP contribution is -2.26.